The second kappa shape index (κ2) is 6.55. The van der Waals surface area contributed by atoms with Gasteiger partial charge in [0.2, 0.25) is 5.91 Å². The molecule has 3 heteroatoms. The lowest BCUT2D eigenvalue weighted by atomic mass is 9.91. The van der Waals surface area contributed by atoms with E-state index in [0.717, 1.165) is 18.4 Å². The van der Waals surface area contributed by atoms with E-state index in [2.05, 4.69) is 12.2 Å². The smallest absolute Gasteiger partial charge is 0.223 e. The van der Waals surface area contributed by atoms with Crippen molar-refractivity contribution in [1.29, 1.82) is 0 Å². The zero-order valence-electron chi connectivity index (χ0n) is 11.4. The highest BCUT2D eigenvalue weighted by molar-refractivity contribution is 5.79. The molecule has 0 radical (unpaired) electrons. The average molecular weight is 249 g/mol. The first-order valence-corrected chi connectivity index (χ1v) is 6.52. The highest BCUT2D eigenvalue weighted by atomic mass is 16.3. The van der Waals surface area contributed by atoms with Gasteiger partial charge >= 0.3 is 0 Å². The normalized spacial score (nSPS) is 15.8. The van der Waals surface area contributed by atoms with Crippen molar-refractivity contribution in [1.82, 2.24) is 5.32 Å². The molecule has 0 bridgehead atoms. The van der Waals surface area contributed by atoms with Crippen molar-refractivity contribution >= 4 is 5.91 Å². The molecule has 100 valence electrons. The molecular weight excluding hydrogens is 226 g/mol. The Hall–Kier alpha value is -1.35. The van der Waals surface area contributed by atoms with Gasteiger partial charge in [0.25, 0.3) is 0 Å². The van der Waals surface area contributed by atoms with Crippen LogP contribution in [-0.4, -0.2) is 17.6 Å². The van der Waals surface area contributed by atoms with Gasteiger partial charge in [0.15, 0.2) is 0 Å². The fourth-order valence-corrected chi connectivity index (χ4v) is 1.97. The summed E-state index contributed by atoms with van der Waals surface area (Å²) in [5, 5.41) is 12.5. The Kier molecular flexibility index (Phi) is 5.35. The molecule has 2 N–H and O–H groups in total. The zero-order valence-corrected chi connectivity index (χ0v) is 11.4. The predicted molar refractivity (Wildman–Crippen MR) is 73.1 cm³/mol. The largest absolute Gasteiger partial charge is 0.394 e. The molecular formula is C15H23NO2. The van der Waals surface area contributed by atoms with Crippen LogP contribution in [0.15, 0.2) is 30.3 Å². The van der Waals surface area contributed by atoms with E-state index in [1.807, 2.05) is 44.2 Å². The lowest BCUT2D eigenvalue weighted by Crippen LogP contribution is -2.48. The molecule has 1 amide bonds. The van der Waals surface area contributed by atoms with E-state index in [0.29, 0.717) is 0 Å². The van der Waals surface area contributed by atoms with Crippen LogP contribution in [0.1, 0.15) is 39.2 Å². The number of nitrogens with one attached hydrogen (secondary N) is 1. The minimum absolute atomic E-state index is 0.00254. The van der Waals surface area contributed by atoms with Gasteiger partial charge in [-0.2, -0.15) is 0 Å². The first kappa shape index (κ1) is 14.7. The van der Waals surface area contributed by atoms with Crippen molar-refractivity contribution in [3.8, 4) is 0 Å². The molecule has 0 aromatic heterocycles. The number of rotatable bonds is 6. The fourth-order valence-electron chi connectivity index (χ4n) is 1.97. The summed E-state index contributed by atoms with van der Waals surface area (Å²) in [6.07, 6.45) is 1.85. The summed E-state index contributed by atoms with van der Waals surface area (Å²) in [7, 11) is 0. The highest BCUT2D eigenvalue weighted by Crippen LogP contribution is 2.21. The molecule has 18 heavy (non-hydrogen) atoms. The molecule has 2 atom stereocenters. The Balaban J connectivity index is 2.81. The van der Waals surface area contributed by atoms with Crippen molar-refractivity contribution in [2.75, 3.05) is 6.61 Å². The average Bonchev–Trinajstić information content (AvgIpc) is 2.39. The van der Waals surface area contributed by atoms with Gasteiger partial charge in [-0.25, -0.2) is 0 Å². The number of carbonyl (C=O) groups excluding carboxylic acids is 1. The number of aliphatic hydroxyl groups excluding tert-OH is 1. The number of aliphatic hydroxyl groups is 1. The fraction of sp³-hybridized carbons (Fsp3) is 0.533. The molecule has 0 saturated heterocycles. The molecule has 1 rings (SSSR count). The van der Waals surface area contributed by atoms with Crippen molar-refractivity contribution < 1.29 is 9.90 Å². The van der Waals surface area contributed by atoms with E-state index >= 15 is 0 Å². The van der Waals surface area contributed by atoms with Gasteiger partial charge in [-0.3, -0.25) is 4.79 Å². The lowest BCUT2D eigenvalue weighted by Gasteiger charge is -2.30. The van der Waals surface area contributed by atoms with E-state index in [1.54, 1.807) is 0 Å². The van der Waals surface area contributed by atoms with Gasteiger partial charge in [0.05, 0.1) is 12.1 Å². The van der Waals surface area contributed by atoms with Crippen molar-refractivity contribution in [3.05, 3.63) is 35.9 Å². The van der Waals surface area contributed by atoms with E-state index in [4.69, 9.17) is 0 Å². The van der Waals surface area contributed by atoms with E-state index < -0.39 is 5.54 Å². The van der Waals surface area contributed by atoms with Crippen LogP contribution in [0.25, 0.3) is 0 Å². The number of amides is 1. The van der Waals surface area contributed by atoms with E-state index in [1.165, 1.54) is 0 Å². The Morgan fingerprint density at radius 2 is 2.00 bits per heavy atom. The Morgan fingerprint density at radius 1 is 1.39 bits per heavy atom. The molecule has 1 aromatic rings. The molecule has 0 aliphatic rings. The first-order valence-electron chi connectivity index (χ1n) is 6.52. The van der Waals surface area contributed by atoms with Crippen LogP contribution in [0.3, 0.4) is 0 Å². The minimum atomic E-state index is -0.708. The third-order valence-corrected chi connectivity index (χ3v) is 3.30. The topological polar surface area (TPSA) is 49.3 Å². The molecule has 1 aromatic carbocycles. The van der Waals surface area contributed by atoms with Gasteiger partial charge in [0.1, 0.15) is 0 Å². The lowest BCUT2D eigenvalue weighted by molar-refractivity contribution is -0.127. The summed E-state index contributed by atoms with van der Waals surface area (Å²) >= 11 is 0. The Labute approximate surface area is 109 Å². The van der Waals surface area contributed by atoms with Crippen LogP contribution in [0.5, 0.6) is 0 Å². The van der Waals surface area contributed by atoms with E-state index in [9.17, 15) is 9.90 Å². The summed E-state index contributed by atoms with van der Waals surface area (Å²) in [6.45, 7) is 5.72. The number of benzene rings is 1. The third kappa shape index (κ3) is 3.57. The maximum absolute atomic E-state index is 12.1. The first-order chi connectivity index (χ1) is 8.53. The number of hydrogen-bond donors (Lipinski definition) is 2. The molecule has 0 spiro atoms. The summed E-state index contributed by atoms with van der Waals surface area (Å²) in [5.74, 6) is -0.0261. The quantitative estimate of drug-likeness (QED) is 0.813. The van der Waals surface area contributed by atoms with Gasteiger partial charge in [-0.05, 0) is 18.9 Å². The van der Waals surface area contributed by atoms with Gasteiger partial charge in [0, 0.05) is 5.92 Å². The maximum atomic E-state index is 12.1. The van der Waals surface area contributed by atoms with Crippen LogP contribution in [0.2, 0.25) is 0 Å². The summed E-state index contributed by atoms with van der Waals surface area (Å²) in [6, 6.07) is 9.57. The molecule has 3 nitrogen and oxygen atoms in total. The van der Waals surface area contributed by atoms with Gasteiger partial charge in [-0.15, -0.1) is 0 Å². The monoisotopic (exact) mass is 249 g/mol. The summed E-state index contributed by atoms with van der Waals surface area (Å²) < 4.78 is 0. The van der Waals surface area contributed by atoms with Gasteiger partial charge < -0.3 is 10.4 Å². The minimum Gasteiger partial charge on any atom is -0.394 e. The van der Waals surface area contributed by atoms with Crippen LogP contribution in [0.4, 0.5) is 0 Å². The van der Waals surface area contributed by atoms with Crippen LogP contribution < -0.4 is 5.32 Å². The third-order valence-electron chi connectivity index (χ3n) is 3.30. The standard InChI is InChI=1S/C15H23NO2/c1-4-8-12(2)14(18)16-15(3,11-17)13-9-6-5-7-10-13/h5-7,9-10,12,17H,4,8,11H2,1-3H3,(H,16,18). The molecule has 0 saturated carbocycles. The van der Waals surface area contributed by atoms with Crippen molar-refractivity contribution in [2.24, 2.45) is 5.92 Å². The number of carbonyl (C=O) groups is 1. The van der Waals surface area contributed by atoms with Crippen LogP contribution in [0, 0.1) is 5.92 Å². The van der Waals surface area contributed by atoms with Crippen molar-refractivity contribution in [2.45, 2.75) is 39.2 Å². The molecule has 0 heterocycles. The molecule has 0 aliphatic carbocycles. The molecule has 2 unspecified atom stereocenters. The zero-order chi connectivity index (χ0) is 13.6. The highest BCUT2D eigenvalue weighted by Gasteiger charge is 2.29. The van der Waals surface area contributed by atoms with Gasteiger partial charge in [-0.1, -0.05) is 50.6 Å². The second-order valence-corrected chi connectivity index (χ2v) is 5.04. The maximum Gasteiger partial charge on any atom is 0.223 e. The number of hydrogen-bond acceptors (Lipinski definition) is 2. The van der Waals surface area contributed by atoms with Crippen molar-refractivity contribution in [3.63, 3.8) is 0 Å². The van der Waals surface area contributed by atoms with Crippen LogP contribution in [-0.2, 0) is 10.3 Å². The SMILES string of the molecule is CCCC(C)C(=O)NC(C)(CO)c1ccccc1. The summed E-state index contributed by atoms with van der Waals surface area (Å²) in [5.41, 5.74) is 0.213. The predicted octanol–water partition coefficient (Wildman–Crippen LogP) is 2.45. The van der Waals surface area contributed by atoms with E-state index in [-0.39, 0.29) is 18.4 Å². The second-order valence-electron chi connectivity index (χ2n) is 5.04. The molecule has 0 fully saturated rings. The Morgan fingerprint density at radius 3 is 2.50 bits per heavy atom. The Bertz CT molecular complexity index is 377. The van der Waals surface area contributed by atoms with Crippen LogP contribution >= 0.6 is 0 Å². The molecule has 0 aliphatic heterocycles. The summed E-state index contributed by atoms with van der Waals surface area (Å²) in [4.78, 5) is 12.1.